The molecule has 11 heavy (non-hydrogen) atoms. The van der Waals surface area contributed by atoms with Gasteiger partial charge < -0.3 is 10.1 Å². The molecule has 0 radical (unpaired) electrons. The number of amides is 1. The van der Waals surface area contributed by atoms with Gasteiger partial charge in [-0.3, -0.25) is 4.79 Å². The Morgan fingerprint density at radius 3 is 3.09 bits per heavy atom. The molecule has 1 amide bonds. The van der Waals surface area contributed by atoms with E-state index in [0.29, 0.717) is 19.0 Å². The van der Waals surface area contributed by atoms with Crippen LogP contribution in [-0.2, 0) is 9.53 Å². The summed E-state index contributed by atoms with van der Waals surface area (Å²) in [5.74, 6) is 0.685. The Morgan fingerprint density at radius 2 is 2.64 bits per heavy atom. The first-order valence-electron chi connectivity index (χ1n) is 3.60. The number of rotatable bonds is 2. The number of ether oxygens (including phenoxy) is 1. The maximum Gasteiger partial charge on any atom is 0.216 e. The summed E-state index contributed by atoms with van der Waals surface area (Å²) in [5, 5.41) is 2.68. The fourth-order valence-electron chi connectivity index (χ4n) is 0.915. The van der Waals surface area contributed by atoms with Crippen molar-refractivity contribution in [2.75, 3.05) is 13.2 Å². The largest absolute Gasteiger partial charge is 0.479 e. The Balaban J connectivity index is 2.23. The summed E-state index contributed by atoms with van der Waals surface area (Å²) >= 11 is 0. The third-order valence-corrected chi connectivity index (χ3v) is 1.44. The Bertz CT molecular complexity index is 189. The molecule has 0 spiro atoms. The van der Waals surface area contributed by atoms with E-state index in [0.717, 1.165) is 0 Å². The van der Waals surface area contributed by atoms with E-state index in [2.05, 4.69) is 10.3 Å². The maximum atomic E-state index is 10.5. The summed E-state index contributed by atoms with van der Waals surface area (Å²) in [6.45, 7) is 4.47. The average molecular weight is 156 g/mol. The van der Waals surface area contributed by atoms with Crippen LogP contribution in [0.4, 0.5) is 0 Å². The maximum absolute atomic E-state index is 10.5. The van der Waals surface area contributed by atoms with Crippen molar-refractivity contribution < 1.29 is 9.53 Å². The number of carbonyl (C=O) groups excluding carboxylic acids is 1. The average Bonchev–Trinajstić information content (AvgIpc) is 2.31. The normalized spacial score (nSPS) is 22.4. The van der Waals surface area contributed by atoms with Crippen LogP contribution in [0, 0.1) is 0 Å². The van der Waals surface area contributed by atoms with Gasteiger partial charge in [-0.1, -0.05) is 0 Å². The van der Waals surface area contributed by atoms with Crippen LogP contribution in [0.3, 0.4) is 0 Å². The monoisotopic (exact) mass is 156 g/mol. The predicted octanol–water partition coefficient (Wildman–Crippen LogP) is -0.0603. The number of nitrogens with one attached hydrogen (secondary N) is 1. The van der Waals surface area contributed by atoms with Gasteiger partial charge in [-0.2, -0.15) is 0 Å². The van der Waals surface area contributed by atoms with E-state index >= 15 is 0 Å². The van der Waals surface area contributed by atoms with Crippen molar-refractivity contribution in [1.82, 2.24) is 5.32 Å². The van der Waals surface area contributed by atoms with E-state index in [9.17, 15) is 4.79 Å². The van der Waals surface area contributed by atoms with Gasteiger partial charge >= 0.3 is 0 Å². The summed E-state index contributed by atoms with van der Waals surface area (Å²) in [6, 6.07) is 0.110. The standard InChI is InChI=1S/C7H12N2O2/c1-5(10)8-3-7-4-11-6(2)9-7/h7H,3-4H2,1-2H3,(H,8,10). The van der Waals surface area contributed by atoms with Crippen LogP contribution in [0.15, 0.2) is 4.99 Å². The molecule has 4 heteroatoms. The fraction of sp³-hybridized carbons (Fsp3) is 0.714. The van der Waals surface area contributed by atoms with Crippen LogP contribution in [0.25, 0.3) is 0 Å². The number of hydrogen-bond acceptors (Lipinski definition) is 3. The van der Waals surface area contributed by atoms with Crippen molar-refractivity contribution in [3.05, 3.63) is 0 Å². The molecule has 62 valence electrons. The van der Waals surface area contributed by atoms with Crippen LogP contribution in [0.2, 0.25) is 0 Å². The molecular weight excluding hydrogens is 144 g/mol. The lowest BCUT2D eigenvalue weighted by atomic mass is 10.3. The van der Waals surface area contributed by atoms with Crippen molar-refractivity contribution in [2.24, 2.45) is 4.99 Å². The summed E-state index contributed by atoms with van der Waals surface area (Å²) < 4.78 is 5.10. The molecule has 1 heterocycles. The first kappa shape index (κ1) is 8.04. The quantitative estimate of drug-likeness (QED) is 0.609. The number of aliphatic imine (C=N–C) groups is 1. The lowest BCUT2D eigenvalue weighted by Gasteiger charge is -2.04. The Labute approximate surface area is 65.6 Å². The van der Waals surface area contributed by atoms with E-state index in [1.54, 1.807) is 0 Å². The second-order valence-corrected chi connectivity index (χ2v) is 2.55. The molecule has 0 saturated heterocycles. The van der Waals surface area contributed by atoms with Crippen molar-refractivity contribution in [3.8, 4) is 0 Å². The molecule has 1 atom stereocenters. The molecule has 0 aromatic heterocycles. The van der Waals surface area contributed by atoms with Gasteiger partial charge in [0.25, 0.3) is 0 Å². The van der Waals surface area contributed by atoms with E-state index in [1.165, 1.54) is 6.92 Å². The Hall–Kier alpha value is -1.06. The topological polar surface area (TPSA) is 50.7 Å². The highest BCUT2D eigenvalue weighted by Gasteiger charge is 2.15. The minimum atomic E-state index is -0.0234. The zero-order valence-electron chi connectivity index (χ0n) is 6.76. The van der Waals surface area contributed by atoms with Crippen LogP contribution in [-0.4, -0.2) is 31.0 Å². The Kier molecular flexibility index (Phi) is 2.46. The van der Waals surface area contributed by atoms with Gasteiger partial charge in [0, 0.05) is 20.4 Å². The van der Waals surface area contributed by atoms with Crippen LogP contribution >= 0.6 is 0 Å². The summed E-state index contributed by atoms with van der Waals surface area (Å²) in [7, 11) is 0. The van der Waals surface area contributed by atoms with Gasteiger partial charge in [-0.05, 0) is 0 Å². The smallest absolute Gasteiger partial charge is 0.216 e. The zero-order chi connectivity index (χ0) is 8.27. The summed E-state index contributed by atoms with van der Waals surface area (Å²) in [4.78, 5) is 14.6. The minimum Gasteiger partial charge on any atom is -0.479 e. The molecule has 4 nitrogen and oxygen atoms in total. The van der Waals surface area contributed by atoms with Crippen molar-refractivity contribution in [1.29, 1.82) is 0 Å². The molecule has 0 fully saturated rings. The first-order chi connectivity index (χ1) is 5.18. The molecule has 1 aliphatic rings. The summed E-state index contributed by atoms with van der Waals surface area (Å²) in [6.07, 6.45) is 0. The third-order valence-electron chi connectivity index (χ3n) is 1.44. The van der Waals surface area contributed by atoms with Crippen LogP contribution < -0.4 is 5.32 Å². The van der Waals surface area contributed by atoms with Gasteiger partial charge in [0.05, 0.1) is 0 Å². The van der Waals surface area contributed by atoms with E-state index in [4.69, 9.17) is 4.74 Å². The zero-order valence-corrected chi connectivity index (χ0v) is 6.76. The van der Waals surface area contributed by atoms with Crippen LogP contribution in [0.1, 0.15) is 13.8 Å². The number of hydrogen-bond donors (Lipinski definition) is 1. The van der Waals surface area contributed by atoms with Crippen molar-refractivity contribution in [2.45, 2.75) is 19.9 Å². The van der Waals surface area contributed by atoms with E-state index < -0.39 is 0 Å². The van der Waals surface area contributed by atoms with Crippen molar-refractivity contribution in [3.63, 3.8) is 0 Å². The molecule has 1 aliphatic heterocycles. The SMILES string of the molecule is CC(=O)NCC1COC(C)=N1. The second kappa shape index (κ2) is 3.37. The molecule has 1 unspecified atom stereocenters. The van der Waals surface area contributed by atoms with Gasteiger partial charge in [0.2, 0.25) is 5.91 Å². The van der Waals surface area contributed by atoms with Crippen LogP contribution in [0.5, 0.6) is 0 Å². The highest BCUT2D eigenvalue weighted by atomic mass is 16.5. The highest BCUT2D eigenvalue weighted by molar-refractivity contribution is 5.75. The molecule has 1 rings (SSSR count). The van der Waals surface area contributed by atoms with E-state index in [-0.39, 0.29) is 11.9 Å². The van der Waals surface area contributed by atoms with Crippen molar-refractivity contribution >= 4 is 11.8 Å². The van der Waals surface area contributed by atoms with E-state index in [1.807, 2.05) is 6.92 Å². The van der Waals surface area contributed by atoms with Gasteiger partial charge in [-0.15, -0.1) is 0 Å². The fourth-order valence-corrected chi connectivity index (χ4v) is 0.915. The first-order valence-corrected chi connectivity index (χ1v) is 3.60. The molecule has 0 aromatic carbocycles. The molecule has 1 N–H and O–H groups in total. The Morgan fingerprint density at radius 1 is 1.91 bits per heavy atom. The number of nitrogens with zero attached hydrogens (tertiary/aromatic N) is 1. The second-order valence-electron chi connectivity index (χ2n) is 2.55. The van der Waals surface area contributed by atoms with Gasteiger partial charge in [-0.25, -0.2) is 4.99 Å². The highest BCUT2D eigenvalue weighted by Crippen LogP contribution is 2.01. The molecule has 0 saturated carbocycles. The summed E-state index contributed by atoms with van der Waals surface area (Å²) in [5.41, 5.74) is 0. The third kappa shape index (κ3) is 2.57. The molecule has 0 aromatic rings. The predicted molar refractivity (Wildman–Crippen MR) is 41.5 cm³/mol. The molecule has 0 aliphatic carbocycles. The lowest BCUT2D eigenvalue weighted by molar-refractivity contribution is -0.119. The molecule has 0 bridgehead atoms. The lowest BCUT2D eigenvalue weighted by Crippen LogP contribution is -2.29. The molecular formula is C7H12N2O2. The van der Waals surface area contributed by atoms with Gasteiger partial charge in [0.15, 0.2) is 5.90 Å². The number of carbonyl (C=O) groups is 1. The minimum absolute atomic E-state index is 0.0234. The van der Waals surface area contributed by atoms with Gasteiger partial charge in [0.1, 0.15) is 12.6 Å².